The number of carboxylic acids is 1. The number of rotatable bonds is 7. The maximum atomic E-state index is 13.2. The van der Waals surface area contributed by atoms with Crippen molar-refractivity contribution in [3.8, 4) is 5.75 Å². The number of hydrogen-bond acceptors (Lipinski definition) is 3. The second-order valence-electron chi connectivity index (χ2n) is 4.26. The Morgan fingerprint density at radius 2 is 1.68 bits per heavy atom. The molecule has 0 bridgehead atoms. The number of alkyl halides is 6. The zero-order chi connectivity index (χ0) is 17.2. The standard InChI is InChI=1S/C12H10F6O4/c13-10(14,5-19)12(17,18)11(15,16)6-22-8-3-1-2-7(4-8)9(20)21/h1-4,19H,5-6H2,(H,20,21). The first kappa shape index (κ1) is 18.1. The molecular formula is C12H10F6O4. The highest BCUT2D eigenvalue weighted by Gasteiger charge is 2.71. The van der Waals surface area contributed by atoms with Crippen molar-refractivity contribution in [3.63, 3.8) is 0 Å². The lowest BCUT2D eigenvalue weighted by atomic mass is 10.1. The summed E-state index contributed by atoms with van der Waals surface area (Å²) in [6.45, 7) is -4.59. The average Bonchev–Trinajstić information content (AvgIpc) is 2.45. The molecule has 2 N–H and O–H groups in total. The molecule has 0 spiro atoms. The molecule has 1 rings (SSSR count). The van der Waals surface area contributed by atoms with Crippen LogP contribution < -0.4 is 4.74 Å². The molecule has 0 aliphatic carbocycles. The van der Waals surface area contributed by atoms with Gasteiger partial charge >= 0.3 is 23.7 Å². The van der Waals surface area contributed by atoms with Crippen molar-refractivity contribution in [3.05, 3.63) is 29.8 Å². The Balaban J connectivity index is 2.90. The lowest BCUT2D eigenvalue weighted by molar-refractivity contribution is -0.321. The Bertz CT molecular complexity index is 546. The topological polar surface area (TPSA) is 66.8 Å². The molecule has 0 radical (unpaired) electrons. The van der Waals surface area contributed by atoms with Gasteiger partial charge in [-0.1, -0.05) is 6.07 Å². The monoisotopic (exact) mass is 332 g/mol. The molecule has 0 amide bonds. The summed E-state index contributed by atoms with van der Waals surface area (Å²) in [5.41, 5.74) is -0.367. The van der Waals surface area contributed by atoms with Crippen LogP contribution in [0, 0.1) is 0 Å². The molecule has 10 heteroatoms. The summed E-state index contributed by atoms with van der Waals surface area (Å²) in [5, 5.41) is 16.8. The minimum atomic E-state index is -5.85. The van der Waals surface area contributed by atoms with Crippen LogP contribution in [0.5, 0.6) is 5.75 Å². The summed E-state index contributed by atoms with van der Waals surface area (Å²) in [6, 6.07) is 3.94. The molecule has 0 aliphatic heterocycles. The smallest absolute Gasteiger partial charge is 0.377 e. The van der Waals surface area contributed by atoms with Crippen molar-refractivity contribution in [2.75, 3.05) is 13.2 Å². The zero-order valence-electron chi connectivity index (χ0n) is 10.7. The number of aliphatic hydroxyl groups is 1. The number of halogens is 6. The van der Waals surface area contributed by atoms with Gasteiger partial charge in [-0.3, -0.25) is 0 Å². The first-order valence-corrected chi connectivity index (χ1v) is 5.65. The summed E-state index contributed by atoms with van der Waals surface area (Å²) in [7, 11) is 0. The van der Waals surface area contributed by atoms with Gasteiger partial charge in [-0.05, 0) is 18.2 Å². The van der Waals surface area contributed by atoms with E-state index in [1.165, 1.54) is 0 Å². The van der Waals surface area contributed by atoms with Crippen molar-refractivity contribution < 1.29 is 46.1 Å². The quantitative estimate of drug-likeness (QED) is 0.754. The fourth-order valence-electron chi connectivity index (χ4n) is 1.35. The van der Waals surface area contributed by atoms with Gasteiger partial charge in [-0.2, -0.15) is 26.3 Å². The summed E-state index contributed by atoms with van der Waals surface area (Å²) in [5.74, 6) is -18.4. The zero-order valence-corrected chi connectivity index (χ0v) is 10.7. The third-order valence-corrected chi connectivity index (χ3v) is 2.62. The van der Waals surface area contributed by atoms with Crippen LogP contribution in [0.2, 0.25) is 0 Å². The van der Waals surface area contributed by atoms with Crippen LogP contribution in [0.15, 0.2) is 24.3 Å². The van der Waals surface area contributed by atoms with E-state index >= 15 is 0 Å². The SMILES string of the molecule is O=C(O)c1cccc(OCC(F)(F)C(F)(F)C(F)(F)CO)c1. The van der Waals surface area contributed by atoms with Gasteiger partial charge in [0.05, 0.1) is 5.56 Å². The summed E-state index contributed by atoms with van der Waals surface area (Å²) in [6.07, 6.45) is 0. The van der Waals surface area contributed by atoms with E-state index in [1.807, 2.05) is 0 Å². The number of benzene rings is 1. The number of ether oxygens (including phenoxy) is 1. The second-order valence-corrected chi connectivity index (χ2v) is 4.26. The van der Waals surface area contributed by atoms with Gasteiger partial charge in [0.25, 0.3) is 0 Å². The summed E-state index contributed by atoms with van der Waals surface area (Å²) >= 11 is 0. The normalized spacial score (nSPS) is 13.0. The number of carboxylic acid groups (broad SMARTS) is 1. The average molecular weight is 332 g/mol. The highest BCUT2D eigenvalue weighted by molar-refractivity contribution is 5.87. The van der Waals surface area contributed by atoms with E-state index in [2.05, 4.69) is 4.74 Å². The predicted molar refractivity (Wildman–Crippen MR) is 60.8 cm³/mol. The van der Waals surface area contributed by atoms with Crippen molar-refractivity contribution in [1.29, 1.82) is 0 Å². The third kappa shape index (κ3) is 3.43. The largest absolute Gasteiger partial charge is 0.487 e. The van der Waals surface area contributed by atoms with E-state index in [9.17, 15) is 31.1 Å². The van der Waals surface area contributed by atoms with E-state index in [1.54, 1.807) is 0 Å². The molecule has 1 aromatic rings. The Morgan fingerprint density at radius 1 is 1.09 bits per heavy atom. The van der Waals surface area contributed by atoms with E-state index in [-0.39, 0.29) is 5.56 Å². The Kier molecular flexibility index (Phi) is 4.96. The van der Waals surface area contributed by atoms with E-state index in [4.69, 9.17) is 10.2 Å². The van der Waals surface area contributed by atoms with E-state index in [0.29, 0.717) is 0 Å². The van der Waals surface area contributed by atoms with Crippen molar-refractivity contribution >= 4 is 5.97 Å². The highest BCUT2D eigenvalue weighted by atomic mass is 19.3. The molecule has 124 valence electrons. The summed E-state index contributed by atoms with van der Waals surface area (Å²) < 4.78 is 82.3. The molecule has 0 aliphatic rings. The fourth-order valence-corrected chi connectivity index (χ4v) is 1.35. The number of aliphatic hydroxyl groups excluding tert-OH is 1. The maximum absolute atomic E-state index is 13.2. The minimum Gasteiger partial charge on any atom is -0.487 e. The van der Waals surface area contributed by atoms with Gasteiger partial charge in [0.1, 0.15) is 12.4 Å². The van der Waals surface area contributed by atoms with Crippen molar-refractivity contribution in [2.45, 2.75) is 17.8 Å². The molecule has 22 heavy (non-hydrogen) atoms. The van der Waals surface area contributed by atoms with Gasteiger partial charge in [-0.15, -0.1) is 0 Å². The predicted octanol–water partition coefficient (Wildman–Crippen LogP) is 2.66. The molecule has 0 atom stereocenters. The molecule has 0 saturated heterocycles. The van der Waals surface area contributed by atoms with Crippen LogP contribution in [0.25, 0.3) is 0 Å². The van der Waals surface area contributed by atoms with Gasteiger partial charge in [0, 0.05) is 0 Å². The third-order valence-electron chi connectivity index (χ3n) is 2.62. The van der Waals surface area contributed by atoms with Gasteiger partial charge in [0.15, 0.2) is 6.61 Å². The molecule has 0 unspecified atom stereocenters. The molecular weight excluding hydrogens is 322 g/mol. The van der Waals surface area contributed by atoms with Crippen LogP contribution in [-0.4, -0.2) is 47.2 Å². The Hall–Kier alpha value is -1.97. The Labute approximate surface area is 119 Å². The lowest BCUT2D eigenvalue weighted by Gasteiger charge is -2.31. The van der Waals surface area contributed by atoms with Crippen LogP contribution in [-0.2, 0) is 0 Å². The molecule has 0 heterocycles. The fraction of sp³-hybridized carbons (Fsp3) is 0.417. The minimum absolute atomic E-state index is 0.367. The number of aromatic carboxylic acids is 1. The van der Waals surface area contributed by atoms with Crippen molar-refractivity contribution in [2.24, 2.45) is 0 Å². The second kappa shape index (κ2) is 6.03. The number of hydrogen-bond donors (Lipinski definition) is 2. The van der Waals surface area contributed by atoms with Gasteiger partial charge in [-0.25, -0.2) is 4.79 Å². The lowest BCUT2D eigenvalue weighted by Crippen LogP contribution is -2.58. The molecule has 0 saturated carbocycles. The summed E-state index contributed by atoms with van der Waals surface area (Å²) in [4.78, 5) is 10.6. The van der Waals surface area contributed by atoms with Crippen LogP contribution in [0.3, 0.4) is 0 Å². The van der Waals surface area contributed by atoms with Crippen LogP contribution in [0.4, 0.5) is 26.3 Å². The first-order valence-electron chi connectivity index (χ1n) is 5.65. The molecule has 4 nitrogen and oxygen atoms in total. The van der Waals surface area contributed by atoms with E-state index in [0.717, 1.165) is 24.3 Å². The van der Waals surface area contributed by atoms with Gasteiger partial charge in [0.2, 0.25) is 0 Å². The first-order chi connectivity index (χ1) is 9.94. The van der Waals surface area contributed by atoms with Crippen molar-refractivity contribution in [1.82, 2.24) is 0 Å². The highest BCUT2D eigenvalue weighted by Crippen LogP contribution is 2.45. The van der Waals surface area contributed by atoms with Crippen LogP contribution >= 0.6 is 0 Å². The van der Waals surface area contributed by atoms with Gasteiger partial charge < -0.3 is 14.9 Å². The Morgan fingerprint density at radius 3 is 2.18 bits per heavy atom. The molecule has 1 aromatic carbocycles. The molecule has 0 aromatic heterocycles. The van der Waals surface area contributed by atoms with Crippen LogP contribution in [0.1, 0.15) is 10.4 Å². The van der Waals surface area contributed by atoms with E-state index < -0.39 is 42.7 Å². The molecule has 0 fully saturated rings. The maximum Gasteiger partial charge on any atom is 0.377 e. The number of carbonyl (C=O) groups is 1.